The van der Waals surface area contributed by atoms with Gasteiger partial charge in [0.15, 0.2) is 5.82 Å². The van der Waals surface area contributed by atoms with Crippen LogP contribution in [0.5, 0.6) is 0 Å². The Morgan fingerprint density at radius 1 is 1.19 bits per heavy atom. The summed E-state index contributed by atoms with van der Waals surface area (Å²) in [6.45, 7) is 0.532. The molecule has 0 amide bonds. The summed E-state index contributed by atoms with van der Waals surface area (Å²) in [7, 11) is 1.40. The first-order valence-electron chi connectivity index (χ1n) is 8.45. The maximum Gasteiger partial charge on any atom is 0.339 e. The average Bonchev–Trinajstić information content (AvgIpc) is 3.44. The Labute approximate surface area is 155 Å². The summed E-state index contributed by atoms with van der Waals surface area (Å²) in [5.74, 6) is 0.761. The summed E-state index contributed by atoms with van der Waals surface area (Å²) in [5, 5.41) is 4.01. The van der Waals surface area contributed by atoms with Gasteiger partial charge in [-0.1, -0.05) is 30.3 Å². The molecule has 4 rings (SSSR count). The second kappa shape index (κ2) is 7.21. The van der Waals surface area contributed by atoms with Crippen LogP contribution in [0.4, 0.5) is 5.13 Å². The third kappa shape index (κ3) is 3.57. The molecule has 0 aliphatic heterocycles. The third-order valence-corrected chi connectivity index (χ3v) is 4.90. The van der Waals surface area contributed by atoms with Crippen molar-refractivity contribution in [1.29, 1.82) is 0 Å². The topological polar surface area (TPSA) is 77.0 Å². The molecule has 0 spiro atoms. The highest BCUT2D eigenvalue weighted by Crippen LogP contribution is 2.40. The standard InChI is InChI=1S/C19H18N4O2S/c1-25-18(24)15-10-9-14(21-16(15)12-7-8-12)11-20-19-22-17(23-26-19)13-5-3-2-4-6-13/h2-6,9-10,12H,7-8,11H2,1H3,(H,20,22,23). The van der Waals surface area contributed by atoms with E-state index in [1.165, 1.54) is 18.6 Å². The van der Waals surface area contributed by atoms with Gasteiger partial charge in [-0.25, -0.2) is 4.79 Å². The van der Waals surface area contributed by atoms with E-state index in [0.717, 1.165) is 34.9 Å². The van der Waals surface area contributed by atoms with Crippen molar-refractivity contribution in [3.63, 3.8) is 0 Å². The maximum atomic E-state index is 11.9. The number of esters is 1. The molecule has 3 aromatic rings. The van der Waals surface area contributed by atoms with Crippen LogP contribution < -0.4 is 5.32 Å². The monoisotopic (exact) mass is 366 g/mol. The number of benzene rings is 1. The van der Waals surface area contributed by atoms with Gasteiger partial charge in [-0.15, -0.1) is 0 Å². The van der Waals surface area contributed by atoms with Crippen molar-refractivity contribution >= 4 is 22.6 Å². The molecule has 1 aliphatic rings. The molecule has 7 heteroatoms. The number of carbonyl (C=O) groups is 1. The van der Waals surface area contributed by atoms with Crippen molar-refractivity contribution in [3.8, 4) is 11.4 Å². The number of ether oxygens (including phenoxy) is 1. The molecule has 0 atom stereocenters. The van der Waals surface area contributed by atoms with Gasteiger partial charge < -0.3 is 10.1 Å². The van der Waals surface area contributed by atoms with Gasteiger partial charge in [0.1, 0.15) is 0 Å². The van der Waals surface area contributed by atoms with Crippen molar-refractivity contribution in [3.05, 3.63) is 59.4 Å². The Bertz CT molecular complexity index is 922. The van der Waals surface area contributed by atoms with Crippen LogP contribution in [-0.4, -0.2) is 27.4 Å². The SMILES string of the molecule is COC(=O)c1ccc(CNc2nc(-c3ccccc3)ns2)nc1C1CC1. The molecule has 1 N–H and O–H groups in total. The van der Waals surface area contributed by atoms with E-state index < -0.39 is 0 Å². The summed E-state index contributed by atoms with van der Waals surface area (Å²) >= 11 is 1.32. The fourth-order valence-corrected chi connectivity index (χ4v) is 3.32. The van der Waals surface area contributed by atoms with Gasteiger partial charge in [-0.2, -0.15) is 9.36 Å². The highest BCUT2D eigenvalue weighted by atomic mass is 32.1. The smallest absolute Gasteiger partial charge is 0.339 e. The molecule has 1 fully saturated rings. The number of carbonyl (C=O) groups excluding carboxylic acids is 1. The molecule has 2 aromatic heterocycles. The number of aromatic nitrogens is 3. The zero-order chi connectivity index (χ0) is 17.9. The van der Waals surface area contributed by atoms with Crippen LogP contribution in [0.25, 0.3) is 11.4 Å². The van der Waals surface area contributed by atoms with Crippen LogP contribution in [0.15, 0.2) is 42.5 Å². The second-order valence-corrected chi connectivity index (χ2v) is 6.90. The number of pyridine rings is 1. The molecule has 0 radical (unpaired) electrons. The number of rotatable bonds is 6. The Balaban J connectivity index is 1.47. The fourth-order valence-electron chi connectivity index (χ4n) is 2.73. The zero-order valence-electron chi connectivity index (χ0n) is 14.3. The molecule has 1 aliphatic carbocycles. The van der Waals surface area contributed by atoms with E-state index in [1.54, 1.807) is 6.07 Å². The molecule has 0 unspecified atom stereocenters. The molecule has 26 heavy (non-hydrogen) atoms. The highest BCUT2D eigenvalue weighted by Gasteiger charge is 2.30. The number of anilines is 1. The van der Waals surface area contributed by atoms with Gasteiger partial charge in [0, 0.05) is 23.0 Å². The van der Waals surface area contributed by atoms with E-state index in [1.807, 2.05) is 36.4 Å². The van der Waals surface area contributed by atoms with E-state index in [4.69, 9.17) is 4.74 Å². The number of nitrogens with zero attached hydrogens (tertiary/aromatic N) is 3. The van der Waals surface area contributed by atoms with Gasteiger partial charge >= 0.3 is 5.97 Å². The molecule has 2 heterocycles. The Morgan fingerprint density at radius 2 is 2.00 bits per heavy atom. The maximum absolute atomic E-state index is 11.9. The summed E-state index contributed by atoms with van der Waals surface area (Å²) in [5.41, 5.74) is 3.28. The molecule has 0 bridgehead atoms. The minimum absolute atomic E-state index is 0.324. The molecular formula is C19H18N4O2S. The lowest BCUT2D eigenvalue weighted by Crippen LogP contribution is -2.10. The summed E-state index contributed by atoms with van der Waals surface area (Å²) in [4.78, 5) is 21.1. The van der Waals surface area contributed by atoms with E-state index >= 15 is 0 Å². The minimum Gasteiger partial charge on any atom is -0.465 e. The van der Waals surface area contributed by atoms with Crippen LogP contribution >= 0.6 is 11.5 Å². The lowest BCUT2D eigenvalue weighted by atomic mass is 10.1. The molecule has 0 saturated heterocycles. The number of hydrogen-bond acceptors (Lipinski definition) is 7. The van der Waals surface area contributed by atoms with Crippen molar-refractivity contribution < 1.29 is 9.53 Å². The zero-order valence-corrected chi connectivity index (χ0v) is 15.1. The van der Waals surface area contributed by atoms with Gasteiger partial charge in [-0.3, -0.25) is 4.98 Å². The lowest BCUT2D eigenvalue weighted by molar-refractivity contribution is 0.0598. The normalized spacial score (nSPS) is 13.4. The van der Waals surface area contributed by atoms with Crippen molar-refractivity contribution in [2.75, 3.05) is 12.4 Å². The first kappa shape index (κ1) is 16.7. The number of methoxy groups -OCH3 is 1. The molecule has 1 saturated carbocycles. The molecule has 1 aromatic carbocycles. The highest BCUT2D eigenvalue weighted by molar-refractivity contribution is 7.09. The van der Waals surface area contributed by atoms with E-state index in [2.05, 4.69) is 19.7 Å². The minimum atomic E-state index is -0.324. The number of nitrogens with one attached hydrogen (secondary N) is 1. The average molecular weight is 366 g/mol. The van der Waals surface area contributed by atoms with Gasteiger partial charge in [0.25, 0.3) is 0 Å². The molecular weight excluding hydrogens is 348 g/mol. The first-order chi connectivity index (χ1) is 12.7. The van der Waals surface area contributed by atoms with Crippen LogP contribution in [0.2, 0.25) is 0 Å². The van der Waals surface area contributed by atoms with Crippen LogP contribution in [0.1, 0.15) is 40.5 Å². The second-order valence-electron chi connectivity index (χ2n) is 6.14. The van der Waals surface area contributed by atoms with Gasteiger partial charge in [-0.05, 0) is 25.0 Å². The van der Waals surface area contributed by atoms with Crippen molar-refractivity contribution in [1.82, 2.24) is 14.3 Å². The van der Waals surface area contributed by atoms with Crippen LogP contribution in [-0.2, 0) is 11.3 Å². The Morgan fingerprint density at radius 3 is 2.73 bits per heavy atom. The van der Waals surface area contributed by atoms with E-state index in [9.17, 15) is 4.79 Å². The summed E-state index contributed by atoms with van der Waals surface area (Å²) < 4.78 is 9.25. The molecule has 132 valence electrons. The van der Waals surface area contributed by atoms with Crippen LogP contribution in [0.3, 0.4) is 0 Å². The quantitative estimate of drug-likeness (QED) is 0.667. The first-order valence-corrected chi connectivity index (χ1v) is 9.23. The predicted molar refractivity (Wildman–Crippen MR) is 100 cm³/mol. The van der Waals surface area contributed by atoms with Gasteiger partial charge in [0.2, 0.25) is 5.13 Å². The molecule has 6 nitrogen and oxygen atoms in total. The van der Waals surface area contributed by atoms with Crippen LogP contribution in [0, 0.1) is 0 Å². The summed E-state index contributed by atoms with van der Waals surface area (Å²) in [6.07, 6.45) is 2.15. The van der Waals surface area contributed by atoms with E-state index in [0.29, 0.717) is 23.9 Å². The predicted octanol–water partition coefficient (Wildman–Crippen LogP) is 3.88. The largest absolute Gasteiger partial charge is 0.465 e. The lowest BCUT2D eigenvalue weighted by Gasteiger charge is -2.09. The van der Waals surface area contributed by atoms with Crippen molar-refractivity contribution in [2.24, 2.45) is 0 Å². The van der Waals surface area contributed by atoms with E-state index in [-0.39, 0.29) is 5.97 Å². The summed E-state index contributed by atoms with van der Waals surface area (Å²) in [6, 6.07) is 13.5. The Hall–Kier alpha value is -2.80. The third-order valence-electron chi connectivity index (χ3n) is 4.23. The Kier molecular flexibility index (Phi) is 4.62. The number of hydrogen-bond donors (Lipinski definition) is 1. The van der Waals surface area contributed by atoms with Crippen molar-refractivity contribution in [2.45, 2.75) is 25.3 Å². The fraction of sp³-hybridized carbons (Fsp3) is 0.263. The van der Waals surface area contributed by atoms with Gasteiger partial charge in [0.05, 0.1) is 30.6 Å².